The zero-order chi connectivity index (χ0) is 11.5. The zero-order valence-electron chi connectivity index (χ0n) is 8.31. The second kappa shape index (κ2) is 4.77. The Bertz CT molecular complexity index is 503. The first-order valence-corrected chi connectivity index (χ1v) is 5.57. The molecule has 0 fully saturated rings. The molecule has 0 aliphatic rings. The van der Waals surface area contributed by atoms with Gasteiger partial charge in [0.25, 0.3) is 0 Å². The summed E-state index contributed by atoms with van der Waals surface area (Å²) in [6, 6.07) is 0. The molecule has 6 nitrogen and oxygen atoms in total. The van der Waals surface area contributed by atoms with Gasteiger partial charge in [-0.15, -0.1) is 5.10 Å². The summed E-state index contributed by atoms with van der Waals surface area (Å²) in [6.45, 7) is 1.59. The van der Waals surface area contributed by atoms with Crippen LogP contribution in [0.4, 0.5) is 0 Å². The molecule has 2 aromatic heterocycles. The number of hydrogen-bond donors (Lipinski definition) is 2. The number of nitrogens with one attached hydrogen (secondary N) is 1. The van der Waals surface area contributed by atoms with Crippen molar-refractivity contribution in [3.8, 4) is 0 Å². The van der Waals surface area contributed by atoms with E-state index in [1.165, 1.54) is 18.1 Å². The van der Waals surface area contributed by atoms with Crippen molar-refractivity contribution >= 4 is 23.4 Å². The minimum atomic E-state index is -0.217. The Balaban J connectivity index is 2.30. The van der Waals surface area contributed by atoms with Crippen LogP contribution in [0, 0.1) is 6.92 Å². The topological polar surface area (TPSA) is 87.6 Å². The van der Waals surface area contributed by atoms with Gasteiger partial charge >= 0.3 is 0 Å². The van der Waals surface area contributed by atoms with E-state index in [1.54, 1.807) is 6.92 Å². The van der Waals surface area contributed by atoms with Crippen molar-refractivity contribution in [2.45, 2.75) is 23.7 Å². The highest BCUT2D eigenvalue weighted by Gasteiger charge is 2.12. The van der Waals surface area contributed by atoms with Gasteiger partial charge in [-0.25, -0.2) is 15.0 Å². The summed E-state index contributed by atoms with van der Waals surface area (Å²) in [6.07, 6.45) is 1.34. The molecule has 0 unspecified atom stereocenters. The number of rotatable bonds is 3. The third-order valence-electron chi connectivity index (χ3n) is 1.78. The minimum Gasteiger partial charge on any atom is -0.391 e. The van der Waals surface area contributed by atoms with E-state index in [-0.39, 0.29) is 11.8 Å². The molecule has 8 heteroatoms. The van der Waals surface area contributed by atoms with Crippen LogP contribution in [0.2, 0.25) is 5.15 Å². The molecule has 0 aliphatic carbocycles. The van der Waals surface area contributed by atoms with Crippen molar-refractivity contribution in [3.05, 3.63) is 22.9 Å². The van der Waals surface area contributed by atoms with Gasteiger partial charge < -0.3 is 5.11 Å². The van der Waals surface area contributed by atoms with E-state index in [4.69, 9.17) is 16.7 Å². The molecule has 16 heavy (non-hydrogen) atoms. The number of aliphatic hydroxyl groups excluding tert-OH is 1. The molecule has 0 atom stereocenters. The Hall–Kier alpha value is -1.18. The molecule has 84 valence electrons. The molecule has 2 aromatic rings. The molecule has 0 bridgehead atoms. The fourth-order valence-electron chi connectivity index (χ4n) is 1.05. The van der Waals surface area contributed by atoms with Gasteiger partial charge in [0.1, 0.15) is 22.3 Å². The highest BCUT2D eigenvalue weighted by Crippen LogP contribution is 2.28. The standard InChI is InChI=1S/C8H8ClN5OS/c1-4-12-8(14-13-4)16-7-5(2-15)6(9)10-3-11-7/h3,15H,2H2,1H3,(H,12,13,14). The van der Waals surface area contributed by atoms with Crippen LogP contribution < -0.4 is 0 Å². The maximum atomic E-state index is 9.16. The number of H-pyrrole nitrogens is 1. The predicted octanol–water partition coefficient (Wildman–Crippen LogP) is 1.20. The van der Waals surface area contributed by atoms with Gasteiger partial charge in [-0.1, -0.05) is 11.6 Å². The van der Waals surface area contributed by atoms with E-state index in [2.05, 4.69) is 25.1 Å². The first-order valence-electron chi connectivity index (χ1n) is 4.38. The van der Waals surface area contributed by atoms with E-state index in [9.17, 15) is 0 Å². The van der Waals surface area contributed by atoms with Crippen molar-refractivity contribution in [1.29, 1.82) is 0 Å². The molecule has 0 spiro atoms. The van der Waals surface area contributed by atoms with E-state index in [1.807, 2.05) is 0 Å². The maximum Gasteiger partial charge on any atom is 0.214 e. The van der Waals surface area contributed by atoms with Crippen LogP contribution in [0.3, 0.4) is 0 Å². The third-order valence-corrected chi connectivity index (χ3v) is 3.01. The van der Waals surface area contributed by atoms with Crippen molar-refractivity contribution in [2.24, 2.45) is 0 Å². The number of aromatic amines is 1. The highest BCUT2D eigenvalue weighted by atomic mass is 35.5. The van der Waals surface area contributed by atoms with Crippen molar-refractivity contribution in [2.75, 3.05) is 0 Å². The lowest BCUT2D eigenvalue weighted by Gasteiger charge is -2.03. The van der Waals surface area contributed by atoms with Gasteiger partial charge in [-0.2, -0.15) is 0 Å². The fourth-order valence-corrected chi connectivity index (χ4v) is 2.13. The van der Waals surface area contributed by atoms with Crippen molar-refractivity contribution < 1.29 is 5.11 Å². The summed E-state index contributed by atoms with van der Waals surface area (Å²) < 4.78 is 0. The lowest BCUT2D eigenvalue weighted by atomic mass is 10.4. The monoisotopic (exact) mass is 257 g/mol. The second-order valence-corrected chi connectivity index (χ2v) is 4.23. The fraction of sp³-hybridized carbons (Fsp3) is 0.250. The van der Waals surface area contributed by atoms with Crippen LogP contribution in [0.5, 0.6) is 0 Å². The van der Waals surface area contributed by atoms with Gasteiger partial charge in [0.05, 0.1) is 6.61 Å². The average molecular weight is 258 g/mol. The second-order valence-electron chi connectivity index (χ2n) is 2.91. The Kier molecular flexibility index (Phi) is 3.37. The highest BCUT2D eigenvalue weighted by molar-refractivity contribution is 7.99. The number of nitrogens with zero attached hydrogens (tertiary/aromatic N) is 4. The number of aliphatic hydroxyl groups is 1. The summed E-state index contributed by atoms with van der Waals surface area (Å²) >= 11 is 7.05. The normalized spacial score (nSPS) is 10.7. The quantitative estimate of drug-likeness (QED) is 0.804. The van der Waals surface area contributed by atoms with Crippen molar-refractivity contribution in [1.82, 2.24) is 25.1 Å². The summed E-state index contributed by atoms with van der Waals surface area (Å²) in [4.78, 5) is 11.9. The molecular formula is C8H8ClN5OS. The summed E-state index contributed by atoms with van der Waals surface area (Å²) in [5.74, 6) is 0.716. The third kappa shape index (κ3) is 2.31. The number of halogens is 1. The summed E-state index contributed by atoms with van der Waals surface area (Å²) in [7, 11) is 0. The summed E-state index contributed by atoms with van der Waals surface area (Å²) in [5.41, 5.74) is 0.483. The van der Waals surface area contributed by atoms with Crippen molar-refractivity contribution in [3.63, 3.8) is 0 Å². The number of aryl methyl sites for hydroxylation is 1. The molecular weight excluding hydrogens is 250 g/mol. The minimum absolute atomic E-state index is 0.217. The smallest absolute Gasteiger partial charge is 0.214 e. The molecule has 0 saturated heterocycles. The predicted molar refractivity (Wildman–Crippen MR) is 58.2 cm³/mol. The lowest BCUT2D eigenvalue weighted by Crippen LogP contribution is -1.95. The van der Waals surface area contributed by atoms with Crippen LogP contribution in [-0.4, -0.2) is 30.3 Å². The molecule has 2 rings (SSSR count). The van der Waals surface area contributed by atoms with Crippen LogP contribution in [0.1, 0.15) is 11.4 Å². The Morgan fingerprint density at radius 1 is 1.50 bits per heavy atom. The maximum absolute atomic E-state index is 9.16. The Morgan fingerprint density at radius 3 is 2.94 bits per heavy atom. The Labute approximate surface area is 100 Å². The van der Waals surface area contributed by atoms with Crippen LogP contribution in [-0.2, 0) is 6.61 Å². The number of aromatic nitrogens is 5. The van der Waals surface area contributed by atoms with E-state index in [0.29, 0.717) is 21.6 Å². The van der Waals surface area contributed by atoms with Gasteiger partial charge in [0, 0.05) is 5.56 Å². The molecule has 0 saturated carbocycles. The van der Waals surface area contributed by atoms with Gasteiger partial charge in [0.2, 0.25) is 5.16 Å². The van der Waals surface area contributed by atoms with Gasteiger partial charge in [-0.3, -0.25) is 5.10 Å². The molecule has 2 heterocycles. The van der Waals surface area contributed by atoms with E-state index >= 15 is 0 Å². The molecule has 0 aromatic carbocycles. The van der Waals surface area contributed by atoms with E-state index < -0.39 is 0 Å². The largest absolute Gasteiger partial charge is 0.391 e. The lowest BCUT2D eigenvalue weighted by molar-refractivity contribution is 0.277. The van der Waals surface area contributed by atoms with Crippen LogP contribution in [0.25, 0.3) is 0 Å². The first-order chi connectivity index (χ1) is 7.70. The SMILES string of the molecule is Cc1nc(Sc2ncnc(Cl)c2CO)n[nH]1. The summed E-state index contributed by atoms with van der Waals surface area (Å²) in [5, 5.41) is 17.2. The molecule has 0 aliphatic heterocycles. The zero-order valence-corrected chi connectivity index (χ0v) is 9.88. The van der Waals surface area contributed by atoms with Crippen LogP contribution >= 0.6 is 23.4 Å². The van der Waals surface area contributed by atoms with E-state index in [0.717, 1.165) is 0 Å². The molecule has 0 radical (unpaired) electrons. The first kappa shape index (κ1) is 11.3. The molecule has 0 amide bonds. The van der Waals surface area contributed by atoms with Gasteiger partial charge in [0.15, 0.2) is 0 Å². The number of hydrogen-bond acceptors (Lipinski definition) is 6. The molecule has 2 N–H and O–H groups in total. The van der Waals surface area contributed by atoms with Crippen LogP contribution in [0.15, 0.2) is 16.5 Å². The average Bonchev–Trinajstić information content (AvgIpc) is 2.64. The Morgan fingerprint density at radius 2 is 2.31 bits per heavy atom. The van der Waals surface area contributed by atoms with Gasteiger partial charge in [-0.05, 0) is 18.7 Å².